The molecule has 0 spiro atoms. The molecule has 5 heteroatoms. The number of phenolic OH excluding ortho intramolecular Hbond substituents is 2. The molecule has 0 aliphatic carbocycles. The van der Waals surface area contributed by atoms with Crippen LogP contribution in [0.3, 0.4) is 0 Å². The van der Waals surface area contributed by atoms with E-state index in [9.17, 15) is 15.0 Å². The van der Waals surface area contributed by atoms with Gasteiger partial charge in [0, 0.05) is 11.6 Å². The maximum absolute atomic E-state index is 11.5. The normalized spacial score (nSPS) is 11.2. The predicted molar refractivity (Wildman–Crippen MR) is 58.1 cm³/mol. The summed E-state index contributed by atoms with van der Waals surface area (Å²) >= 11 is 0. The zero-order valence-electron chi connectivity index (χ0n) is 9.44. The van der Waals surface area contributed by atoms with Gasteiger partial charge in [0.2, 0.25) is 0 Å². The maximum Gasteiger partial charge on any atom is 0.275 e. The van der Waals surface area contributed by atoms with E-state index >= 15 is 0 Å². The number of aromatic hydroxyl groups is 2. The smallest absolute Gasteiger partial charge is 0.275 e. The summed E-state index contributed by atoms with van der Waals surface area (Å²) in [7, 11) is 0. The van der Waals surface area contributed by atoms with Crippen molar-refractivity contribution < 1.29 is 19.8 Å². The lowest BCUT2D eigenvalue weighted by molar-refractivity contribution is -0.0589. The molecule has 0 bridgehead atoms. The molecule has 0 aromatic heterocycles. The van der Waals surface area contributed by atoms with Gasteiger partial charge in [0.25, 0.3) is 5.91 Å². The molecule has 0 radical (unpaired) electrons. The Morgan fingerprint density at radius 3 is 2.12 bits per heavy atom. The summed E-state index contributed by atoms with van der Waals surface area (Å²) in [6.07, 6.45) is 0. The van der Waals surface area contributed by atoms with Crippen LogP contribution in [0.25, 0.3) is 0 Å². The number of benzene rings is 1. The number of phenols is 2. The van der Waals surface area contributed by atoms with Crippen LogP contribution in [0.4, 0.5) is 0 Å². The Kier molecular flexibility index (Phi) is 3.39. The van der Waals surface area contributed by atoms with E-state index in [2.05, 4.69) is 5.48 Å². The van der Waals surface area contributed by atoms with Gasteiger partial charge in [-0.1, -0.05) is 0 Å². The van der Waals surface area contributed by atoms with Gasteiger partial charge in [0.15, 0.2) is 0 Å². The molecule has 1 aromatic rings. The highest BCUT2D eigenvalue weighted by Crippen LogP contribution is 2.20. The third-order valence-corrected chi connectivity index (χ3v) is 1.61. The lowest BCUT2D eigenvalue weighted by Crippen LogP contribution is -2.33. The first-order valence-electron chi connectivity index (χ1n) is 4.79. The zero-order chi connectivity index (χ0) is 12.3. The largest absolute Gasteiger partial charge is 0.508 e. The molecule has 88 valence electrons. The Balaban J connectivity index is 2.73. The molecule has 0 saturated carbocycles. The Morgan fingerprint density at radius 1 is 1.19 bits per heavy atom. The Bertz CT molecular complexity index is 375. The molecule has 16 heavy (non-hydrogen) atoms. The van der Waals surface area contributed by atoms with E-state index in [0.29, 0.717) is 0 Å². The fraction of sp³-hybridized carbons (Fsp3) is 0.364. The molecule has 1 aromatic carbocycles. The van der Waals surface area contributed by atoms with Crippen LogP contribution in [0.5, 0.6) is 11.5 Å². The lowest BCUT2D eigenvalue weighted by atomic mass is 10.2. The van der Waals surface area contributed by atoms with Crippen molar-refractivity contribution in [1.29, 1.82) is 0 Å². The van der Waals surface area contributed by atoms with Crippen LogP contribution in [0.2, 0.25) is 0 Å². The third-order valence-electron chi connectivity index (χ3n) is 1.61. The molecule has 0 atom stereocenters. The minimum atomic E-state index is -0.527. The minimum absolute atomic E-state index is 0.127. The number of amides is 1. The number of rotatable bonds is 2. The van der Waals surface area contributed by atoms with Gasteiger partial charge >= 0.3 is 0 Å². The number of hydrogen-bond acceptors (Lipinski definition) is 4. The highest BCUT2D eigenvalue weighted by Gasteiger charge is 2.14. The highest BCUT2D eigenvalue weighted by atomic mass is 16.7. The summed E-state index contributed by atoms with van der Waals surface area (Å²) in [4.78, 5) is 16.6. The van der Waals surface area contributed by atoms with Crippen molar-refractivity contribution in [1.82, 2.24) is 5.48 Å². The van der Waals surface area contributed by atoms with E-state index < -0.39 is 11.5 Å². The summed E-state index contributed by atoms with van der Waals surface area (Å²) in [6.45, 7) is 5.35. The Hall–Kier alpha value is -1.75. The van der Waals surface area contributed by atoms with Gasteiger partial charge in [-0.15, -0.1) is 0 Å². The molecule has 3 N–H and O–H groups in total. The number of nitrogens with one attached hydrogen (secondary N) is 1. The Labute approximate surface area is 93.6 Å². The molecule has 0 aliphatic heterocycles. The molecule has 5 nitrogen and oxygen atoms in total. The first-order valence-corrected chi connectivity index (χ1v) is 4.79. The Morgan fingerprint density at radius 2 is 1.69 bits per heavy atom. The number of carbonyl (C=O) groups excluding carboxylic acids is 1. The summed E-state index contributed by atoms with van der Waals surface area (Å²) in [5.41, 5.74) is 1.85. The van der Waals surface area contributed by atoms with E-state index in [1.54, 1.807) is 20.8 Å². The first kappa shape index (κ1) is 12.3. The molecular formula is C11H15NO4. The molecule has 0 unspecified atom stereocenters. The first-order chi connectivity index (χ1) is 7.28. The van der Waals surface area contributed by atoms with Gasteiger partial charge in [-0.05, 0) is 32.9 Å². The van der Waals surface area contributed by atoms with Gasteiger partial charge in [0.05, 0.1) is 5.60 Å². The number of hydrogen-bond donors (Lipinski definition) is 3. The van der Waals surface area contributed by atoms with Crippen molar-refractivity contribution in [3.05, 3.63) is 23.8 Å². The predicted octanol–water partition coefficient (Wildman–Crippen LogP) is 1.56. The maximum atomic E-state index is 11.5. The van der Waals surface area contributed by atoms with Crippen LogP contribution in [0.1, 0.15) is 31.1 Å². The average Bonchev–Trinajstić information content (AvgIpc) is 2.11. The van der Waals surface area contributed by atoms with Crippen molar-refractivity contribution in [3.8, 4) is 11.5 Å². The quantitative estimate of drug-likeness (QED) is 0.667. The summed E-state index contributed by atoms with van der Waals surface area (Å²) in [6, 6.07) is 3.61. The van der Waals surface area contributed by atoms with E-state index in [4.69, 9.17) is 4.84 Å². The van der Waals surface area contributed by atoms with E-state index in [-0.39, 0.29) is 17.1 Å². The van der Waals surface area contributed by atoms with E-state index in [1.165, 1.54) is 12.1 Å². The molecule has 0 heterocycles. The minimum Gasteiger partial charge on any atom is -0.508 e. The van der Waals surface area contributed by atoms with Gasteiger partial charge in [-0.25, -0.2) is 5.48 Å². The standard InChI is InChI=1S/C11H15NO4/c1-11(2,3)16-12-10(15)7-4-8(13)6-9(14)5-7/h4-6,13-14H,1-3H3,(H,12,15). The second kappa shape index (κ2) is 4.40. The highest BCUT2D eigenvalue weighted by molar-refractivity contribution is 5.94. The number of carbonyl (C=O) groups is 1. The van der Waals surface area contributed by atoms with Crippen LogP contribution in [-0.4, -0.2) is 21.7 Å². The van der Waals surface area contributed by atoms with Crippen LogP contribution in [-0.2, 0) is 4.84 Å². The third kappa shape index (κ3) is 3.78. The zero-order valence-corrected chi connectivity index (χ0v) is 9.44. The number of hydroxylamine groups is 1. The molecule has 1 amide bonds. The molecule has 0 aliphatic rings. The van der Waals surface area contributed by atoms with Crippen molar-refractivity contribution in [3.63, 3.8) is 0 Å². The van der Waals surface area contributed by atoms with Crippen LogP contribution >= 0.6 is 0 Å². The molecule has 0 fully saturated rings. The SMILES string of the molecule is CC(C)(C)ONC(=O)c1cc(O)cc(O)c1. The van der Waals surface area contributed by atoms with Crippen molar-refractivity contribution in [2.75, 3.05) is 0 Å². The summed E-state index contributed by atoms with van der Waals surface area (Å²) in [5.74, 6) is -0.886. The fourth-order valence-corrected chi connectivity index (χ4v) is 0.985. The van der Waals surface area contributed by atoms with Crippen LogP contribution in [0.15, 0.2) is 18.2 Å². The van der Waals surface area contributed by atoms with Crippen LogP contribution in [0, 0.1) is 0 Å². The van der Waals surface area contributed by atoms with Crippen molar-refractivity contribution in [2.45, 2.75) is 26.4 Å². The van der Waals surface area contributed by atoms with Crippen molar-refractivity contribution >= 4 is 5.91 Å². The van der Waals surface area contributed by atoms with Crippen LogP contribution < -0.4 is 5.48 Å². The van der Waals surface area contributed by atoms with Gasteiger partial charge in [-0.2, -0.15) is 0 Å². The second-order valence-corrected chi connectivity index (χ2v) is 4.38. The fourth-order valence-electron chi connectivity index (χ4n) is 0.985. The lowest BCUT2D eigenvalue weighted by Gasteiger charge is -2.18. The average molecular weight is 225 g/mol. The topological polar surface area (TPSA) is 78.8 Å². The molecule has 0 saturated heterocycles. The molecule has 1 rings (SSSR count). The van der Waals surface area contributed by atoms with E-state index in [0.717, 1.165) is 6.07 Å². The summed E-state index contributed by atoms with van der Waals surface area (Å²) < 4.78 is 0. The second-order valence-electron chi connectivity index (χ2n) is 4.38. The van der Waals surface area contributed by atoms with Gasteiger partial charge < -0.3 is 10.2 Å². The van der Waals surface area contributed by atoms with Gasteiger partial charge in [0.1, 0.15) is 11.5 Å². The summed E-state index contributed by atoms with van der Waals surface area (Å²) in [5, 5.41) is 18.4. The monoisotopic (exact) mass is 225 g/mol. The van der Waals surface area contributed by atoms with Crippen molar-refractivity contribution in [2.24, 2.45) is 0 Å². The molecular weight excluding hydrogens is 210 g/mol. The van der Waals surface area contributed by atoms with E-state index in [1.807, 2.05) is 0 Å². The van der Waals surface area contributed by atoms with Gasteiger partial charge in [-0.3, -0.25) is 9.63 Å².